The maximum Gasteiger partial charge on any atom is 0.260 e. The van der Waals surface area contributed by atoms with Crippen LogP contribution in [-0.4, -0.2) is 10.3 Å². The number of rotatable bonds is 4. The molecule has 1 N–H and O–H groups in total. The Morgan fingerprint density at radius 3 is 2.52 bits per heavy atom. The van der Waals surface area contributed by atoms with Crippen molar-refractivity contribution in [2.75, 3.05) is 5.43 Å². The molecule has 0 saturated carbocycles. The minimum absolute atomic E-state index is 0.266. The smallest absolute Gasteiger partial charge is 0.260 e. The molecule has 7 nitrogen and oxygen atoms in total. The van der Waals surface area contributed by atoms with E-state index in [1.165, 1.54) is 4.57 Å². The lowest BCUT2D eigenvalue weighted by Crippen LogP contribution is -2.24. The highest BCUT2D eigenvalue weighted by molar-refractivity contribution is 6.08. The number of fused-ring (bicyclic) bond motifs is 1. The number of azide groups is 1. The molecule has 0 radical (unpaired) electrons. The van der Waals surface area contributed by atoms with Crippen LogP contribution in [0.1, 0.15) is 12.5 Å². The molecule has 1 heterocycles. The molecule has 3 aromatic rings. The lowest BCUT2D eigenvalue weighted by Gasteiger charge is -2.12. The zero-order valence-electron chi connectivity index (χ0n) is 13.8. The number of hydrazone groups is 1. The van der Waals surface area contributed by atoms with E-state index < -0.39 is 0 Å². The first-order valence-corrected chi connectivity index (χ1v) is 7.66. The summed E-state index contributed by atoms with van der Waals surface area (Å²) < 4.78 is 1.53. The van der Waals surface area contributed by atoms with Crippen LogP contribution in [0, 0.1) is 0 Å². The number of nitrogens with zero attached hydrogens (tertiary/aromatic N) is 5. The SMILES string of the molecule is C/C(=N\Nc1ccccc1)c1c(N=[N+]=[N-])c2ccccc2n(C)c1=O. The molecule has 0 aliphatic heterocycles. The largest absolute Gasteiger partial charge is 0.311 e. The second-order valence-corrected chi connectivity index (χ2v) is 5.47. The molecule has 0 amide bonds. The van der Waals surface area contributed by atoms with E-state index in [9.17, 15) is 4.79 Å². The molecule has 0 saturated heterocycles. The average Bonchev–Trinajstić information content (AvgIpc) is 2.65. The summed E-state index contributed by atoms with van der Waals surface area (Å²) in [6, 6.07) is 16.7. The summed E-state index contributed by atoms with van der Waals surface area (Å²) in [7, 11) is 1.69. The molecule has 0 spiro atoms. The van der Waals surface area contributed by atoms with Crippen molar-refractivity contribution in [3.05, 3.63) is 81.0 Å². The van der Waals surface area contributed by atoms with Crippen LogP contribution in [0.4, 0.5) is 11.4 Å². The van der Waals surface area contributed by atoms with Crippen LogP contribution in [0.5, 0.6) is 0 Å². The van der Waals surface area contributed by atoms with Gasteiger partial charge >= 0.3 is 0 Å². The third-order valence-corrected chi connectivity index (χ3v) is 3.91. The monoisotopic (exact) mass is 332 g/mol. The Balaban J connectivity index is 2.21. The molecule has 1 aromatic heterocycles. The van der Waals surface area contributed by atoms with Gasteiger partial charge in [-0.3, -0.25) is 10.2 Å². The van der Waals surface area contributed by atoms with Crippen molar-refractivity contribution in [3.63, 3.8) is 0 Å². The van der Waals surface area contributed by atoms with Gasteiger partial charge in [0.1, 0.15) is 0 Å². The highest BCUT2D eigenvalue weighted by atomic mass is 16.1. The van der Waals surface area contributed by atoms with Gasteiger partial charge in [0, 0.05) is 17.3 Å². The summed E-state index contributed by atoms with van der Waals surface area (Å²) in [5.74, 6) is 0. The Morgan fingerprint density at radius 1 is 1.12 bits per heavy atom. The molecule has 3 rings (SSSR count). The van der Waals surface area contributed by atoms with Crippen molar-refractivity contribution in [1.29, 1.82) is 0 Å². The number of hydrogen-bond donors (Lipinski definition) is 1. The topological polar surface area (TPSA) is 95.2 Å². The molecule has 0 unspecified atom stereocenters. The van der Waals surface area contributed by atoms with Crippen LogP contribution in [0.15, 0.2) is 69.6 Å². The van der Waals surface area contributed by atoms with Crippen molar-refractivity contribution in [2.24, 2.45) is 17.3 Å². The van der Waals surface area contributed by atoms with Gasteiger partial charge in [-0.15, -0.1) is 0 Å². The molecule has 0 bridgehead atoms. The summed E-state index contributed by atoms with van der Waals surface area (Å²) in [6.45, 7) is 1.71. The molecule has 7 heteroatoms. The van der Waals surface area contributed by atoms with E-state index in [1.807, 2.05) is 54.6 Å². The molecule has 0 atom stereocenters. The van der Waals surface area contributed by atoms with E-state index in [1.54, 1.807) is 14.0 Å². The molecule has 25 heavy (non-hydrogen) atoms. The number of aromatic nitrogens is 1. The highest BCUT2D eigenvalue weighted by Gasteiger charge is 2.16. The van der Waals surface area contributed by atoms with Gasteiger partial charge in [-0.25, -0.2) is 0 Å². The summed E-state index contributed by atoms with van der Waals surface area (Å²) >= 11 is 0. The number of aryl methyl sites for hydroxylation is 1. The number of benzene rings is 2. The van der Waals surface area contributed by atoms with Gasteiger partial charge in [-0.05, 0) is 30.7 Å². The van der Waals surface area contributed by atoms with E-state index >= 15 is 0 Å². The predicted octanol–water partition coefficient (Wildman–Crippen LogP) is 4.32. The molecule has 0 aliphatic rings. The maximum atomic E-state index is 12.8. The van der Waals surface area contributed by atoms with Crippen LogP contribution in [0.2, 0.25) is 0 Å². The van der Waals surface area contributed by atoms with E-state index in [0.717, 1.165) is 5.69 Å². The van der Waals surface area contributed by atoms with E-state index in [-0.39, 0.29) is 16.8 Å². The van der Waals surface area contributed by atoms with Gasteiger partial charge in [0.25, 0.3) is 5.56 Å². The molecule has 2 aromatic carbocycles. The zero-order chi connectivity index (χ0) is 17.8. The fourth-order valence-electron chi connectivity index (χ4n) is 2.67. The normalized spacial score (nSPS) is 11.2. The summed E-state index contributed by atoms with van der Waals surface area (Å²) in [5, 5.41) is 8.76. The lowest BCUT2D eigenvalue weighted by atomic mass is 10.1. The van der Waals surface area contributed by atoms with Crippen LogP contribution < -0.4 is 11.0 Å². The minimum atomic E-state index is -0.266. The van der Waals surface area contributed by atoms with Crippen LogP contribution in [0.3, 0.4) is 0 Å². The Bertz CT molecular complexity index is 1060. The number of pyridine rings is 1. The van der Waals surface area contributed by atoms with E-state index in [2.05, 4.69) is 20.6 Å². The van der Waals surface area contributed by atoms with Crippen molar-refractivity contribution in [3.8, 4) is 0 Å². The summed E-state index contributed by atoms with van der Waals surface area (Å²) in [4.78, 5) is 15.7. The van der Waals surface area contributed by atoms with Crippen molar-refractivity contribution in [1.82, 2.24) is 4.57 Å². The van der Waals surface area contributed by atoms with Crippen molar-refractivity contribution < 1.29 is 0 Å². The second-order valence-electron chi connectivity index (χ2n) is 5.47. The van der Waals surface area contributed by atoms with Gasteiger partial charge in [0.2, 0.25) is 0 Å². The second kappa shape index (κ2) is 6.90. The van der Waals surface area contributed by atoms with Gasteiger partial charge < -0.3 is 4.57 Å². The summed E-state index contributed by atoms with van der Waals surface area (Å²) in [6.07, 6.45) is 0. The third kappa shape index (κ3) is 3.08. The first kappa shape index (κ1) is 16.3. The standard InChI is InChI=1S/C18H16N6O/c1-12(20-21-13-8-4-3-5-9-13)16-17(22-23-19)14-10-6-7-11-15(14)24(2)18(16)25/h3-11,21H,1-2H3/b20-12+. The van der Waals surface area contributed by atoms with Gasteiger partial charge in [0.15, 0.2) is 0 Å². The Hall–Kier alpha value is -3.57. The quantitative estimate of drug-likeness (QED) is 0.253. The number of anilines is 1. The highest BCUT2D eigenvalue weighted by Crippen LogP contribution is 2.28. The molecular weight excluding hydrogens is 316 g/mol. The van der Waals surface area contributed by atoms with E-state index in [4.69, 9.17) is 5.53 Å². The number of hydrogen-bond acceptors (Lipinski definition) is 4. The van der Waals surface area contributed by atoms with Crippen LogP contribution >= 0.6 is 0 Å². The molecule has 124 valence electrons. The van der Waals surface area contributed by atoms with Crippen molar-refractivity contribution in [2.45, 2.75) is 6.92 Å². The van der Waals surface area contributed by atoms with Gasteiger partial charge in [0.05, 0.1) is 28.2 Å². The van der Waals surface area contributed by atoms with E-state index in [0.29, 0.717) is 16.6 Å². The molecule has 0 aliphatic carbocycles. The van der Waals surface area contributed by atoms with Crippen LogP contribution in [-0.2, 0) is 7.05 Å². The Labute approximate surface area is 143 Å². The zero-order valence-corrected chi connectivity index (χ0v) is 13.8. The van der Waals surface area contributed by atoms with Crippen molar-refractivity contribution >= 4 is 28.0 Å². The van der Waals surface area contributed by atoms with Crippen LogP contribution in [0.25, 0.3) is 21.3 Å². The maximum absolute atomic E-state index is 12.8. The average molecular weight is 332 g/mol. The number of nitrogens with one attached hydrogen (secondary N) is 1. The first-order valence-electron chi connectivity index (χ1n) is 7.66. The summed E-state index contributed by atoms with van der Waals surface area (Å²) in [5.41, 5.74) is 14.1. The molecular formula is C18H16N6O. The fourth-order valence-corrected chi connectivity index (χ4v) is 2.67. The lowest BCUT2D eigenvalue weighted by molar-refractivity contribution is 0.902. The Kier molecular flexibility index (Phi) is 4.50. The molecule has 0 fully saturated rings. The third-order valence-electron chi connectivity index (χ3n) is 3.91. The Morgan fingerprint density at radius 2 is 1.80 bits per heavy atom. The minimum Gasteiger partial charge on any atom is -0.311 e. The first-order chi connectivity index (χ1) is 12.1. The number of para-hydroxylation sites is 2. The fraction of sp³-hybridized carbons (Fsp3) is 0.111. The van der Waals surface area contributed by atoms with Gasteiger partial charge in [-0.2, -0.15) is 5.10 Å². The predicted molar refractivity (Wildman–Crippen MR) is 100 cm³/mol. The van der Waals surface area contributed by atoms with Gasteiger partial charge in [-0.1, -0.05) is 41.5 Å².